The zero-order valence-electron chi connectivity index (χ0n) is 18.6. The SMILES string of the molecule is CNCCN(C)c1ccc2c(c1)Cn1cc(-c3ccc(C#N)cc3)cc1-c1ncc(C)n1-2. The molecule has 3 heterocycles. The van der Waals surface area contributed by atoms with Gasteiger partial charge >= 0.3 is 0 Å². The normalized spacial score (nSPS) is 11.8. The van der Waals surface area contributed by atoms with Crippen LogP contribution < -0.4 is 10.2 Å². The third-order valence-corrected chi connectivity index (χ3v) is 6.19. The zero-order chi connectivity index (χ0) is 22.2. The van der Waals surface area contributed by atoms with Crippen LogP contribution in [0, 0.1) is 18.3 Å². The van der Waals surface area contributed by atoms with Crippen molar-refractivity contribution >= 4 is 5.69 Å². The molecule has 0 atom stereocenters. The standard InChI is InChI=1S/C26H26N6/c1-18-15-29-26-25-13-21(20-6-4-19(14-27)5-7-20)16-31(25)17-22-12-23(30(3)11-10-28-2)8-9-24(22)32(18)26/h4-9,12-13,15-16,28H,10-11,17H2,1-3H3. The average Bonchev–Trinajstić information content (AvgIpc) is 3.37. The van der Waals surface area contributed by atoms with E-state index in [9.17, 15) is 0 Å². The van der Waals surface area contributed by atoms with E-state index < -0.39 is 0 Å². The first kappa shape index (κ1) is 20.1. The lowest BCUT2D eigenvalue weighted by atomic mass is 10.1. The van der Waals surface area contributed by atoms with Crippen molar-refractivity contribution in [3.05, 3.63) is 77.7 Å². The van der Waals surface area contributed by atoms with Gasteiger partial charge in [0.05, 0.1) is 23.0 Å². The number of fused-ring (bicyclic) bond motifs is 5. The van der Waals surface area contributed by atoms with Crippen LogP contribution in [0.2, 0.25) is 0 Å². The second-order valence-electron chi connectivity index (χ2n) is 8.33. The summed E-state index contributed by atoms with van der Waals surface area (Å²) in [5.41, 5.74) is 8.77. The van der Waals surface area contributed by atoms with E-state index in [-0.39, 0.29) is 0 Å². The van der Waals surface area contributed by atoms with E-state index in [0.29, 0.717) is 5.56 Å². The number of benzene rings is 2. The first-order chi connectivity index (χ1) is 15.6. The van der Waals surface area contributed by atoms with Gasteiger partial charge in [0.15, 0.2) is 5.82 Å². The van der Waals surface area contributed by atoms with Gasteiger partial charge in [0.2, 0.25) is 0 Å². The number of nitrogens with one attached hydrogen (secondary N) is 1. The van der Waals surface area contributed by atoms with Gasteiger partial charge in [0.25, 0.3) is 0 Å². The number of hydrogen-bond donors (Lipinski definition) is 1. The smallest absolute Gasteiger partial charge is 0.161 e. The minimum absolute atomic E-state index is 0.671. The number of aryl methyl sites for hydroxylation is 1. The lowest BCUT2D eigenvalue weighted by Crippen LogP contribution is -2.27. The lowest BCUT2D eigenvalue weighted by molar-refractivity contribution is 0.766. The summed E-state index contributed by atoms with van der Waals surface area (Å²) in [4.78, 5) is 7.05. The van der Waals surface area contributed by atoms with Gasteiger partial charge in [-0.1, -0.05) is 12.1 Å². The Balaban J connectivity index is 1.61. The Morgan fingerprint density at radius 3 is 2.69 bits per heavy atom. The van der Waals surface area contributed by atoms with Gasteiger partial charge < -0.3 is 14.8 Å². The maximum Gasteiger partial charge on any atom is 0.161 e. The van der Waals surface area contributed by atoms with E-state index in [0.717, 1.165) is 48.0 Å². The fraction of sp³-hybridized carbons (Fsp3) is 0.231. The largest absolute Gasteiger partial charge is 0.373 e. The molecule has 0 fully saturated rings. The first-order valence-electron chi connectivity index (χ1n) is 10.8. The maximum atomic E-state index is 9.10. The van der Waals surface area contributed by atoms with E-state index in [1.807, 2.05) is 37.5 Å². The lowest BCUT2D eigenvalue weighted by Gasteiger charge is -2.21. The topological polar surface area (TPSA) is 61.8 Å². The highest BCUT2D eigenvalue weighted by Gasteiger charge is 2.23. The zero-order valence-corrected chi connectivity index (χ0v) is 18.6. The third-order valence-electron chi connectivity index (χ3n) is 6.19. The van der Waals surface area contributed by atoms with Crippen molar-refractivity contribution in [3.8, 4) is 34.4 Å². The van der Waals surface area contributed by atoms with Crippen LogP contribution in [0.1, 0.15) is 16.8 Å². The average molecular weight is 423 g/mol. The third kappa shape index (κ3) is 3.37. The number of imidazole rings is 1. The number of nitriles is 1. The van der Waals surface area contributed by atoms with Crippen LogP contribution >= 0.6 is 0 Å². The fourth-order valence-electron chi connectivity index (χ4n) is 4.39. The van der Waals surface area contributed by atoms with Gasteiger partial charge in [0, 0.05) is 56.0 Å². The molecule has 0 aliphatic carbocycles. The molecule has 6 nitrogen and oxygen atoms in total. The van der Waals surface area contributed by atoms with Gasteiger partial charge in [-0.05, 0) is 61.5 Å². The minimum atomic E-state index is 0.671. The monoisotopic (exact) mass is 422 g/mol. The fourth-order valence-corrected chi connectivity index (χ4v) is 4.39. The summed E-state index contributed by atoms with van der Waals surface area (Å²) >= 11 is 0. The summed E-state index contributed by atoms with van der Waals surface area (Å²) in [6, 6.07) is 18.8. The highest BCUT2D eigenvalue weighted by atomic mass is 15.2. The predicted molar refractivity (Wildman–Crippen MR) is 128 cm³/mol. The van der Waals surface area contributed by atoms with Crippen molar-refractivity contribution in [1.82, 2.24) is 19.4 Å². The molecule has 1 aliphatic heterocycles. The van der Waals surface area contributed by atoms with Crippen molar-refractivity contribution < 1.29 is 0 Å². The molecular weight excluding hydrogens is 396 g/mol. The molecule has 1 aliphatic rings. The van der Waals surface area contributed by atoms with E-state index in [2.05, 4.69) is 69.9 Å². The van der Waals surface area contributed by atoms with E-state index in [1.54, 1.807) is 0 Å². The second kappa shape index (κ2) is 8.03. The summed E-state index contributed by atoms with van der Waals surface area (Å²) < 4.78 is 4.54. The minimum Gasteiger partial charge on any atom is -0.373 e. The molecule has 4 aromatic rings. The maximum absolute atomic E-state index is 9.10. The molecule has 0 radical (unpaired) electrons. The summed E-state index contributed by atoms with van der Waals surface area (Å²) in [7, 11) is 4.11. The van der Waals surface area contributed by atoms with Crippen LogP contribution in [-0.4, -0.2) is 41.3 Å². The quantitative estimate of drug-likeness (QED) is 0.461. The molecule has 2 aromatic heterocycles. The molecule has 0 saturated heterocycles. The van der Waals surface area contributed by atoms with Gasteiger partial charge in [-0.15, -0.1) is 0 Å². The molecule has 6 heteroatoms. The highest BCUT2D eigenvalue weighted by Crippen LogP contribution is 2.36. The van der Waals surface area contributed by atoms with Crippen LogP contribution in [0.5, 0.6) is 0 Å². The number of likely N-dealkylation sites (N-methyl/N-ethyl adjacent to an activating group) is 2. The van der Waals surface area contributed by atoms with Gasteiger partial charge in [-0.2, -0.15) is 5.26 Å². The summed E-state index contributed by atoms with van der Waals surface area (Å²) in [5, 5.41) is 12.3. The molecule has 0 amide bonds. The number of rotatable bonds is 5. The number of nitrogens with zero attached hydrogens (tertiary/aromatic N) is 5. The Labute approximate surface area is 188 Å². The number of aromatic nitrogens is 3. The second-order valence-corrected chi connectivity index (χ2v) is 8.33. The van der Waals surface area contributed by atoms with Gasteiger partial charge in [-0.25, -0.2) is 4.98 Å². The van der Waals surface area contributed by atoms with Crippen molar-refractivity contribution in [2.75, 3.05) is 32.1 Å². The van der Waals surface area contributed by atoms with Crippen molar-refractivity contribution in [3.63, 3.8) is 0 Å². The molecule has 0 unspecified atom stereocenters. The Morgan fingerprint density at radius 1 is 1.12 bits per heavy atom. The molecular formula is C26H26N6. The van der Waals surface area contributed by atoms with Crippen LogP contribution in [0.4, 0.5) is 5.69 Å². The summed E-state index contributed by atoms with van der Waals surface area (Å²) in [6.45, 7) is 4.77. The summed E-state index contributed by atoms with van der Waals surface area (Å²) in [5.74, 6) is 0.956. The van der Waals surface area contributed by atoms with Crippen molar-refractivity contribution in [2.45, 2.75) is 13.5 Å². The van der Waals surface area contributed by atoms with Crippen LogP contribution in [0.15, 0.2) is 60.9 Å². The highest BCUT2D eigenvalue weighted by molar-refractivity contribution is 5.73. The van der Waals surface area contributed by atoms with Crippen LogP contribution in [-0.2, 0) is 6.54 Å². The number of anilines is 1. The van der Waals surface area contributed by atoms with E-state index >= 15 is 0 Å². The number of hydrogen-bond acceptors (Lipinski definition) is 4. The first-order valence-corrected chi connectivity index (χ1v) is 10.8. The van der Waals surface area contributed by atoms with Crippen LogP contribution in [0.25, 0.3) is 28.3 Å². The Bertz CT molecular complexity index is 1320. The molecule has 1 N–H and O–H groups in total. The van der Waals surface area contributed by atoms with Crippen molar-refractivity contribution in [1.29, 1.82) is 5.26 Å². The Kier molecular flexibility index (Phi) is 5.04. The predicted octanol–water partition coefficient (Wildman–Crippen LogP) is 4.21. The molecule has 2 aromatic carbocycles. The van der Waals surface area contributed by atoms with Crippen molar-refractivity contribution in [2.24, 2.45) is 0 Å². The summed E-state index contributed by atoms with van der Waals surface area (Å²) in [6.07, 6.45) is 4.13. The van der Waals surface area contributed by atoms with Gasteiger partial charge in [-0.3, -0.25) is 4.57 Å². The Morgan fingerprint density at radius 2 is 1.94 bits per heavy atom. The van der Waals surface area contributed by atoms with E-state index in [4.69, 9.17) is 10.2 Å². The van der Waals surface area contributed by atoms with E-state index in [1.165, 1.54) is 16.9 Å². The molecule has 160 valence electrons. The molecule has 0 saturated carbocycles. The Hall–Kier alpha value is -3.82. The molecule has 0 spiro atoms. The molecule has 0 bridgehead atoms. The molecule has 32 heavy (non-hydrogen) atoms. The van der Waals surface area contributed by atoms with Gasteiger partial charge in [0.1, 0.15) is 0 Å². The molecule has 5 rings (SSSR count). The van der Waals surface area contributed by atoms with Crippen LogP contribution in [0.3, 0.4) is 0 Å².